The Morgan fingerprint density at radius 3 is 2.04 bits per heavy atom. The van der Waals surface area contributed by atoms with Crippen molar-refractivity contribution >= 4 is 5.97 Å². The van der Waals surface area contributed by atoms with Gasteiger partial charge in [0.05, 0.1) is 47.6 Å². The molecule has 13 heteroatoms. The van der Waals surface area contributed by atoms with Gasteiger partial charge in [0.25, 0.3) is 0 Å². The topological polar surface area (TPSA) is 166 Å². The summed E-state index contributed by atoms with van der Waals surface area (Å²) in [4.78, 5) is 16.4. The number of hydrogen-bond acceptors (Lipinski definition) is 13. The number of ether oxygens (including phenoxy) is 7. The van der Waals surface area contributed by atoms with E-state index in [1.807, 2.05) is 41.7 Å². The number of nitrogens with zero attached hydrogens (tertiary/aromatic N) is 1. The number of aliphatic hydroxyl groups is 4. The van der Waals surface area contributed by atoms with E-state index in [1.165, 1.54) is 14.0 Å². The van der Waals surface area contributed by atoms with Crippen LogP contribution in [0.2, 0.25) is 0 Å². The monoisotopic (exact) mass is 748 g/mol. The number of esters is 1. The van der Waals surface area contributed by atoms with Crippen LogP contribution in [0.5, 0.6) is 0 Å². The Labute approximate surface area is 312 Å². The molecule has 0 spiro atoms. The van der Waals surface area contributed by atoms with E-state index in [-0.39, 0.29) is 36.8 Å². The SMILES string of the molecule is CC[C@H]1C[C@@H](C)O[C@@H](O[C@@H]2[C@@H](C)[C@H](O[C@H]3C[C@@](C)(OC)[C@@H](O)[C@H](C)O3)[C@@H](C)C(=O)O[C@H](CC)[C@@](C)(O)[C@H](O)[C@@H](C)CN(C)[C@H](C)C[C@@]2(C)OC)[C@@H]1O. The van der Waals surface area contributed by atoms with Crippen LogP contribution in [-0.4, -0.2) is 143 Å². The molecule has 3 heterocycles. The van der Waals surface area contributed by atoms with E-state index in [0.717, 1.165) is 6.42 Å². The molecule has 0 aliphatic carbocycles. The highest BCUT2D eigenvalue weighted by molar-refractivity contribution is 5.73. The number of carbonyl (C=O) groups is 1. The first kappa shape index (κ1) is 45.4. The van der Waals surface area contributed by atoms with E-state index in [4.69, 9.17) is 33.2 Å². The van der Waals surface area contributed by atoms with Crippen molar-refractivity contribution in [3.05, 3.63) is 0 Å². The van der Waals surface area contributed by atoms with Gasteiger partial charge in [-0.3, -0.25) is 4.79 Å². The summed E-state index contributed by atoms with van der Waals surface area (Å²) in [5, 5.41) is 45.7. The first-order valence-corrected chi connectivity index (χ1v) is 19.5. The number of cyclic esters (lactones) is 1. The van der Waals surface area contributed by atoms with E-state index in [1.54, 1.807) is 34.8 Å². The Morgan fingerprint density at radius 2 is 1.48 bits per heavy atom. The van der Waals surface area contributed by atoms with Crippen LogP contribution in [0.15, 0.2) is 0 Å². The van der Waals surface area contributed by atoms with Crippen LogP contribution in [0.25, 0.3) is 0 Å². The third-order valence-electron chi connectivity index (χ3n) is 12.7. The lowest BCUT2D eigenvalue weighted by Crippen LogP contribution is -2.60. The van der Waals surface area contributed by atoms with Crippen molar-refractivity contribution in [2.45, 2.75) is 193 Å². The van der Waals surface area contributed by atoms with Crippen molar-refractivity contribution < 1.29 is 58.4 Å². The van der Waals surface area contributed by atoms with E-state index in [9.17, 15) is 25.2 Å². The maximum atomic E-state index is 14.3. The normalized spacial score (nSPS) is 49.5. The second kappa shape index (κ2) is 18.3. The van der Waals surface area contributed by atoms with Crippen LogP contribution >= 0.6 is 0 Å². The molecular weight excluding hydrogens is 674 g/mol. The fourth-order valence-electron chi connectivity index (χ4n) is 8.84. The number of hydrogen-bond donors (Lipinski definition) is 4. The van der Waals surface area contributed by atoms with Crippen LogP contribution in [0.1, 0.15) is 108 Å². The molecule has 306 valence electrons. The molecule has 0 radical (unpaired) electrons. The van der Waals surface area contributed by atoms with Gasteiger partial charge in [-0.1, -0.05) is 34.1 Å². The highest BCUT2D eigenvalue weighted by Crippen LogP contribution is 2.41. The van der Waals surface area contributed by atoms with Crippen LogP contribution in [0, 0.1) is 23.7 Å². The molecule has 18 atom stereocenters. The lowest BCUT2D eigenvalue weighted by Gasteiger charge is -2.49. The first-order chi connectivity index (χ1) is 24.1. The fourth-order valence-corrected chi connectivity index (χ4v) is 8.84. The van der Waals surface area contributed by atoms with Crippen molar-refractivity contribution in [1.29, 1.82) is 0 Å². The summed E-state index contributed by atoms with van der Waals surface area (Å²) in [6.07, 6.45) is -6.08. The van der Waals surface area contributed by atoms with Crippen molar-refractivity contribution in [1.82, 2.24) is 4.90 Å². The van der Waals surface area contributed by atoms with Gasteiger partial charge in [0, 0.05) is 39.1 Å². The minimum Gasteiger partial charge on any atom is -0.459 e. The second-order valence-corrected chi connectivity index (χ2v) is 16.9. The molecule has 13 nitrogen and oxygen atoms in total. The van der Waals surface area contributed by atoms with Crippen molar-refractivity contribution in [3.8, 4) is 0 Å². The smallest absolute Gasteiger partial charge is 0.311 e. The molecule has 0 unspecified atom stereocenters. The molecule has 0 amide bonds. The summed E-state index contributed by atoms with van der Waals surface area (Å²) < 4.78 is 44.4. The molecule has 3 fully saturated rings. The van der Waals surface area contributed by atoms with Gasteiger partial charge < -0.3 is 58.5 Å². The molecular formula is C39H73NO12. The van der Waals surface area contributed by atoms with Crippen molar-refractivity contribution in [2.75, 3.05) is 27.8 Å². The van der Waals surface area contributed by atoms with Gasteiger partial charge in [0.15, 0.2) is 12.6 Å². The molecule has 0 aromatic heterocycles. The number of rotatable bonds is 8. The van der Waals surface area contributed by atoms with Crippen molar-refractivity contribution in [3.63, 3.8) is 0 Å². The Morgan fingerprint density at radius 1 is 0.865 bits per heavy atom. The van der Waals surface area contributed by atoms with Crippen LogP contribution in [-0.2, 0) is 38.0 Å². The van der Waals surface area contributed by atoms with Crippen LogP contribution in [0.4, 0.5) is 0 Å². The minimum atomic E-state index is -1.75. The number of carbonyl (C=O) groups excluding carboxylic acids is 1. The zero-order valence-corrected chi connectivity index (χ0v) is 34.4. The number of aliphatic hydroxyl groups excluding tert-OH is 3. The zero-order chi connectivity index (χ0) is 39.5. The predicted molar refractivity (Wildman–Crippen MR) is 195 cm³/mol. The first-order valence-electron chi connectivity index (χ1n) is 19.5. The van der Waals surface area contributed by atoms with Gasteiger partial charge in [-0.05, 0) is 86.6 Å². The third-order valence-corrected chi connectivity index (χ3v) is 12.7. The maximum Gasteiger partial charge on any atom is 0.311 e. The number of methoxy groups -OCH3 is 2. The minimum absolute atomic E-state index is 0.0342. The van der Waals surface area contributed by atoms with E-state index < -0.39 is 89.9 Å². The zero-order valence-electron chi connectivity index (χ0n) is 34.4. The Balaban J connectivity index is 2.21. The van der Waals surface area contributed by atoms with Gasteiger partial charge in [-0.2, -0.15) is 0 Å². The van der Waals surface area contributed by atoms with Crippen molar-refractivity contribution in [2.24, 2.45) is 23.7 Å². The predicted octanol–water partition coefficient (Wildman–Crippen LogP) is 3.65. The average Bonchev–Trinajstić information content (AvgIpc) is 3.09. The molecule has 4 N–H and O–H groups in total. The Bertz CT molecular complexity index is 1130. The fraction of sp³-hybridized carbons (Fsp3) is 0.974. The maximum absolute atomic E-state index is 14.3. The lowest BCUT2D eigenvalue weighted by atomic mass is 9.78. The molecule has 0 saturated carbocycles. The molecule has 3 rings (SSSR count). The van der Waals surface area contributed by atoms with Crippen LogP contribution in [0.3, 0.4) is 0 Å². The average molecular weight is 748 g/mol. The summed E-state index contributed by atoms with van der Waals surface area (Å²) in [7, 11) is 5.12. The highest BCUT2D eigenvalue weighted by atomic mass is 16.7. The van der Waals surface area contributed by atoms with E-state index >= 15 is 0 Å². The quantitative estimate of drug-likeness (QED) is 0.266. The Kier molecular flexibility index (Phi) is 16.0. The third kappa shape index (κ3) is 9.87. The summed E-state index contributed by atoms with van der Waals surface area (Å²) >= 11 is 0. The molecule has 0 aromatic rings. The highest BCUT2D eigenvalue weighted by Gasteiger charge is 2.53. The van der Waals surface area contributed by atoms with Gasteiger partial charge >= 0.3 is 5.97 Å². The molecule has 3 aliphatic rings. The summed E-state index contributed by atoms with van der Waals surface area (Å²) in [5.41, 5.74) is -3.75. The van der Waals surface area contributed by atoms with Gasteiger partial charge in [-0.15, -0.1) is 0 Å². The molecule has 0 bridgehead atoms. The summed E-state index contributed by atoms with van der Waals surface area (Å²) in [5.74, 6) is -2.59. The molecule has 52 heavy (non-hydrogen) atoms. The standard InChI is InChI=1S/C39H73NO12/c1-15-27-17-23(5)48-36(30(27)41)52-34-24(6)31(51-29-19-37(9,46-13)33(43)26(8)49-29)25(7)35(44)50-28(16-2)39(11,45)32(42)21(3)20-40(12)22(4)18-38(34,10)47-14/h21-34,36,41-43,45H,15-20H2,1-14H3/t21-,22+,23+,24-,25+,26-,27-,28+,29-,30+,31-,32+,33-,34+,36-,37+,38+,39+/m0/s1. The molecule has 3 aliphatic heterocycles. The summed E-state index contributed by atoms with van der Waals surface area (Å²) in [6.45, 7) is 20.8. The van der Waals surface area contributed by atoms with Crippen LogP contribution < -0.4 is 0 Å². The largest absolute Gasteiger partial charge is 0.459 e. The second-order valence-electron chi connectivity index (χ2n) is 16.9. The van der Waals surface area contributed by atoms with Gasteiger partial charge in [-0.25, -0.2) is 0 Å². The summed E-state index contributed by atoms with van der Waals surface area (Å²) in [6, 6.07) is -0.101. The molecule has 3 saturated heterocycles. The van der Waals surface area contributed by atoms with E-state index in [2.05, 4.69) is 11.8 Å². The van der Waals surface area contributed by atoms with E-state index in [0.29, 0.717) is 19.4 Å². The Hall–Kier alpha value is -0.970. The van der Waals surface area contributed by atoms with Gasteiger partial charge in [0.2, 0.25) is 0 Å². The molecule has 0 aromatic carbocycles. The van der Waals surface area contributed by atoms with Gasteiger partial charge in [0.1, 0.15) is 23.9 Å². The lowest BCUT2D eigenvalue weighted by molar-refractivity contribution is -0.319.